The van der Waals surface area contributed by atoms with Gasteiger partial charge in [0.15, 0.2) is 11.5 Å². The van der Waals surface area contributed by atoms with E-state index in [0.29, 0.717) is 5.76 Å². The number of nitrogens with two attached hydrogens (primary N) is 1. The Bertz CT molecular complexity index is 375. The van der Waals surface area contributed by atoms with Crippen molar-refractivity contribution in [2.24, 2.45) is 5.73 Å². The number of carbonyl (C=O) groups excluding carboxylic acids is 1. The van der Waals surface area contributed by atoms with Gasteiger partial charge in [0, 0.05) is 20.3 Å². The number of methoxy groups -OCH3 is 2. The van der Waals surface area contributed by atoms with Crippen LogP contribution in [0.15, 0.2) is 10.6 Å². The largest absolute Gasteiger partial charge is 0.377 e. The fourth-order valence-corrected chi connectivity index (χ4v) is 1.05. The number of aromatic nitrogens is 1. The zero-order chi connectivity index (χ0) is 12.9. The van der Waals surface area contributed by atoms with E-state index in [9.17, 15) is 4.79 Å². The minimum absolute atomic E-state index is 0.175. The molecule has 17 heavy (non-hydrogen) atoms. The van der Waals surface area contributed by atoms with Crippen LogP contribution in [-0.4, -0.2) is 37.6 Å². The summed E-state index contributed by atoms with van der Waals surface area (Å²) in [4.78, 5) is 11.6. The zero-order valence-electron chi connectivity index (χ0n) is 10.1. The molecule has 0 fully saturated rings. The van der Waals surface area contributed by atoms with Crippen molar-refractivity contribution < 1.29 is 18.8 Å². The molecular weight excluding hydrogens is 226 g/mol. The van der Waals surface area contributed by atoms with Gasteiger partial charge in [-0.15, -0.1) is 0 Å². The highest BCUT2D eigenvalue weighted by molar-refractivity contribution is 5.92. The van der Waals surface area contributed by atoms with E-state index < -0.39 is 5.72 Å². The molecule has 0 bridgehead atoms. The number of carbonyl (C=O) groups is 1. The summed E-state index contributed by atoms with van der Waals surface area (Å²) in [5.41, 5.74) is 4.97. The first kappa shape index (κ1) is 13.6. The molecule has 1 heterocycles. The van der Waals surface area contributed by atoms with Crippen molar-refractivity contribution in [3.05, 3.63) is 17.5 Å². The number of nitrogens with zero attached hydrogens (tertiary/aromatic N) is 1. The van der Waals surface area contributed by atoms with Gasteiger partial charge in [-0.05, 0) is 6.92 Å². The number of hydrogen-bond acceptors (Lipinski definition) is 6. The second kappa shape index (κ2) is 5.76. The Morgan fingerprint density at radius 3 is 2.94 bits per heavy atom. The predicted molar refractivity (Wildman–Crippen MR) is 59.2 cm³/mol. The molecule has 1 amide bonds. The van der Waals surface area contributed by atoms with Crippen molar-refractivity contribution in [1.29, 1.82) is 0 Å². The Morgan fingerprint density at radius 2 is 2.35 bits per heavy atom. The Morgan fingerprint density at radius 1 is 1.65 bits per heavy atom. The first-order chi connectivity index (χ1) is 7.98. The maximum absolute atomic E-state index is 11.6. The summed E-state index contributed by atoms with van der Waals surface area (Å²) in [6.07, 6.45) is 0. The van der Waals surface area contributed by atoms with Gasteiger partial charge in [0.05, 0.1) is 6.54 Å². The molecule has 1 aromatic rings. The first-order valence-corrected chi connectivity index (χ1v) is 5.05. The van der Waals surface area contributed by atoms with E-state index in [2.05, 4.69) is 10.5 Å². The van der Waals surface area contributed by atoms with Crippen LogP contribution in [-0.2, 0) is 16.1 Å². The highest BCUT2D eigenvalue weighted by Gasteiger charge is 2.20. The van der Waals surface area contributed by atoms with Gasteiger partial charge in [0.2, 0.25) is 0 Å². The maximum atomic E-state index is 11.6. The van der Waals surface area contributed by atoms with E-state index in [4.69, 9.17) is 19.7 Å². The van der Waals surface area contributed by atoms with Crippen LogP contribution >= 0.6 is 0 Å². The molecule has 0 aromatic carbocycles. The molecule has 0 aliphatic carbocycles. The normalized spacial score (nSPS) is 14.4. The van der Waals surface area contributed by atoms with Crippen molar-refractivity contribution in [2.45, 2.75) is 19.3 Å². The molecule has 3 N–H and O–H groups in total. The number of nitrogens with one attached hydrogen (secondary N) is 1. The molecule has 1 atom stereocenters. The van der Waals surface area contributed by atoms with Gasteiger partial charge < -0.3 is 25.0 Å². The average molecular weight is 243 g/mol. The SMILES string of the molecule is COCc1cc(C(=O)NCC(C)(N)OC)no1. The first-order valence-electron chi connectivity index (χ1n) is 5.05. The molecule has 7 nitrogen and oxygen atoms in total. The summed E-state index contributed by atoms with van der Waals surface area (Å²) in [5, 5.41) is 6.21. The maximum Gasteiger partial charge on any atom is 0.273 e. The van der Waals surface area contributed by atoms with Gasteiger partial charge >= 0.3 is 0 Å². The van der Waals surface area contributed by atoms with Crippen LogP contribution in [0.25, 0.3) is 0 Å². The summed E-state index contributed by atoms with van der Waals surface area (Å²) in [7, 11) is 3.00. The molecule has 1 aromatic heterocycles. The van der Waals surface area contributed by atoms with Gasteiger partial charge in [-0.25, -0.2) is 0 Å². The van der Waals surface area contributed by atoms with Crippen LogP contribution in [0.3, 0.4) is 0 Å². The summed E-state index contributed by atoms with van der Waals surface area (Å²) in [6, 6.07) is 1.51. The molecule has 0 saturated carbocycles. The van der Waals surface area contributed by atoms with Crippen molar-refractivity contribution in [2.75, 3.05) is 20.8 Å². The smallest absolute Gasteiger partial charge is 0.273 e. The van der Waals surface area contributed by atoms with Crippen molar-refractivity contribution in [3.8, 4) is 0 Å². The lowest BCUT2D eigenvalue weighted by Crippen LogP contribution is -2.49. The Labute approximate surface area is 99.2 Å². The van der Waals surface area contributed by atoms with Gasteiger partial charge in [-0.1, -0.05) is 5.16 Å². The molecular formula is C10H17N3O4. The minimum atomic E-state index is -0.908. The van der Waals surface area contributed by atoms with Crippen LogP contribution in [0, 0.1) is 0 Å². The average Bonchev–Trinajstić information content (AvgIpc) is 2.75. The van der Waals surface area contributed by atoms with E-state index in [0.717, 1.165) is 0 Å². The van der Waals surface area contributed by atoms with E-state index in [1.165, 1.54) is 20.3 Å². The fraction of sp³-hybridized carbons (Fsp3) is 0.600. The fourth-order valence-electron chi connectivity index (χ4n) is 1.05. The Kier molecular flexibility index (Phi) is 4.62. The van der Waals surface area contributed by atoms with Crippen molar-refractivity contribution in [3.63, 3.8) is 0 Å². The van der Waals surface area contributed by atoms with Gasteiger partial charge in [0.25, 0.3) is 5.91 Å². The topological polar surface area (TPSA) is 99.6 Å². The van der Waals surface area contributed by atoms with E-state index in [-0.39, 0.29) is 24.8 Å². The van der Waals surface area contributed by atoms with Crippen molar-refractivity contribution in [1.82, 2.24) is 10.5 Å². The molecule has 0 aliphatic rings. The molecule has 0 radical (unpaired) electrons. The van der Waals surface area contributed by atoms with Crippen LogP contribution in [0.1, 0.15) is 23.2 Å². The van der Waals surface area contributed by atoms with Crippen LogP contribution in [0.2, 0.25) is 0 Å². The molecule has 7 heteroatoms. The van der Waals surface area contributed by atoms with Gasteiger partial charge in [0.1, 0.15) is 12.3 Å². The van der Waals surface area contributed by atoms with E-state index in [1.54, 1.807) is 6.92 Å². The second-order valence-electron chi connectivity index (χ2n) is 3.81. The molecule has 1 unspecified atom stereocenters. The highest BCUT2D eigenvalue weighted by Crippen LogP contribution is 2.05. The second-order valence-corrected chi connectivity index (χ2v) is 3.81. The molecule has 1 rings (SSSR count). The highest BCUT2D eigenvalue weighted by atomic mass is 16.5. The summed E-state index contributed by atoms with van der Waals surface area (Å²) in [5.74, 6) is 0.115. The molecule has 0 spiro atoms. The number of hydrogen-bond donors (Lipinski definition) is 2. The van der Waals surface area contributed by atoms with Gasteiger partial charge in [-0.2, -0.15) is 0 Å². The monoisotopic (exact) mass is 243 g/mol. The number of amides is 1. The summed E-state index contributed by atoms with van der Waals surface area (Å²) < 4.78 is 14.7. The molecule has 0 aliphatic heterocycles. The third-order valence-electron chi connectivity index (χ3n) is 2.14. The number of ether oxygens (including phenoxy) is 2. The van der Waals surface area contributed by atoms with Crippen LogP contribution < -0.4 is 11.1 Å². The minimum Gasteiger partial charge on any atom is -0.377 e. The summed E-state index contributed by atoms with van der Waals surface area (Å²) in [6.45, 7) is 2.11. The standard InChI is InChI=1S/C10H17N3O4/c1-10(11,16-3)6-12-9(14)8-4-7(5-15-2)17-13-8/h4H,5-6,11H2,1-3H3,(H,12,14). The lowest BCUT2D eigenvalue weighted by Gasteiger charge is -2.22. The predicted octanol–water partition coefficient (Wildman–Crippen LogP) is -0.128. The van der Waals surface area contributed by atoms with Gasteiger partial charge in [-0.3, -0.25) is 4.79 Å². The van der Waals surface area contributed by atoms with Crippen LogP contribution in [0.4, 0.5) is 0 Å². The third-order valence-corrected chi connectivity index (χ3v) is 2.14. The summed E-state index contributed by atoms with van der Waals surface area (Å²) >= 11 is 0. The Balaban J connectivity index is 2.52. The lowest BCUT2D eigenvalue weighted by molar-refractivity contribution is 0.0124. The molecule has 0 saturated heterocycles. The molecule has 96 valence electrons. The quantitative estimate of drug-likeness (QED) is 0.675. The number of rotatable bonds is 6. The Hall–Kier alpha value is -1.44. The van der Waals surface area contributed by atoms with Crippen LogP contribution in [0.5, 0.6) is 0 Å². The van der Waals surface area contributed by atoms with E-state index >= 15 is 0 Å². The lowest BCUT2D eigenvalue weighted by atomic mass is 10.2. The van der Waals surface area contributed by atoms with E-state index in [1.807, 2.05) is 0 Å². The third kappa shape index (κ3) is 4.14. The van der Waals surface area contributed by atoms with Crippen molar-refractivity contribution >= 4 is 5.91 Å². The zero-order valence-corrected chi connectivity index (χ0v) is 10.1.